The molecule has 0 heterocycles. The summed E-state index contributed by atoms with van der Waals surface area (Å²) in [5.74, 6) is 0.509. The number of nitro groups is 1. The molecule has 0 bridgehead atoms. The van der Waals surface area contributed by atoms with Gasteiger partial charge >= 0.3 is 0 Å². The van der Waals surface area contributed by atoms with Gasteiger partial charge in [0.25, 0.3) is 0 Å². The zero-order valence-corrected chi connectivity index (χ0v) is 7.41. The molecule has 0 aromatic carbocycles. The Balaban J connectivity index is 2.73. The largest absolute Gasteiger partial charge is 0.259 e. The fourth-order valence-electron chi connectivity index (χ4n) is 1.28. The van der Waals surface area contributed by atoms with Crippen LogP contribution in [0.15, 0.2) is 23.4 Å². The summed E-state index contributed by atoms with van der Waals surface area (Å²) in [5.41, 5.74) is 1.64. The lowest BCUT2D eigenvalue weighted by molar-refractivity contribution is -0.428. The molecule has 0 fully saturated rings. The van der Waals surface area contributed by atoms with Crippen LogP contribution in [0.2, 0.25) is 0 Å². The summed E-state index contributed by atoms with van der Waals surface area (Å²) >= 11 is 0. The maximum Gasteiger partial charge on any atom is 0.246 e. The Kier molecular flexibility index (Phi) is 2.63. The van der Waals surface area contributed by atoms with E-state index >= 15 is 0 Å². The van der Waals surface area contributed by atoms with Crippen LogP contribution in [0.3, 0.4) is 0 Å². The Morgan fingerprint density at radius 1 is 1.42 bits per heavy atom. The van der Waals surface area contributed by atoms with E-state index in [0.717, 1.165) is 6.42 Å². The van der Waals surface area contributed by atoms with E-state index in [9.17, 15) is 10.1 Å². The molecule has 0 saturated carbocycles. The first-order valence-electron chi connectivity index (χ1n) is 4.15. The predicted octanol–water partition coefficient (Wildman–Crippen LogP) is 2.52. The van der Waals surface area contributed by atoms with Gasteiger partial charge in [0, 0.05) is 12.5 Å². The molecule has 1 aliphatic carbocycles. The molecule has 0 aromatic rings. The van der Waals surface area contributed by atoms with E-state index in [1.807, 2.05) is 6.08 Å². The SMILES string of the molecule is CC(C)C1=CC=C([N+](=O)[O-])CC1. The third kappa shape index (κ3) is 1.94. The third-order valence-corrected chi connectivity index (χ3v) is 2.14. The predicted molar refractivity (Wildman–Crippen MR) is 47.2 cm³/mol. The van der Waals surface area contributed by atoms with Crippen molar-refractivity contribution in [2.24, 2.45) is 5.92 Å². The van der Waals surface area contributed by atoms with Gasteiger partial charge < -0.3 is 0 Å². The number of hydrogen-bond acceptors (Lipinski definition) is 2. The maximum absolute atomic E-state index is 10.3. The number of nitrogens with zero attached hydrogens (tertiary/aromatic N) is 1. The van der Waals surface area contributed by atoms with Crippen molar-refractivity contribution in [1.82, 2.24) is 0 Å². The Hall–Kier alpha value is -1.12. The Bertz CT molecular complexity index is 251. The van der Waals surface area contributed by atoms with Gasteiger partial charge in [0.05, 0.1) is 4.92 Å². The van der Waals surface area contributed by atoms with Gasteiger partial charge in [-0.2, -0.15) is 0 Å². The minimum atomic E-state index is -0.298. The number of rotatable bonds is 2. The van der Waals surface area contributed by atoms with Crippen LogP contribution in [0.1, 0.15) is 26.7 Å². The standard InChI is InChI=1S/C9H13NO2/c1-7(2)8-3-5-9(6-4-8)10(11)12/h3,5,7H,4,6H2,1-2H3. The van der Waals surface area contributed by atoms with E-state index in [2.05, 4.69) is 13.8 Å². The highest BCUT2D eigenvalue weighted by molar-refractivity contribution is 5.21. The summed E-state index contributed by atoms with van der Waals surface area (Å²) in [6, 6.07) is 0. The molecule has 0 saturated heterocycles. The van der Waals surface area contributed by atoms with Crippen LogP contribution in [-0.4, -0.2) is 4.92 Å². The highest BCUT2D eigenvalue weighted by Gasteiger charge is 2.15. The zero-order valence-electron chi connectivity index (χ0n) is 7.41. The molecule has 66 valence electrons. The van der Waals surface area contributed by atoms with Gasteiger partial charge in [0.2, 0.25) is 5.70 Å². The van der Waals surface area contributed by atoms with Crippen LogP contribution in [-0.2, 0) is 0 Å². The minimum absolute atomic E-state index is 0.298. The van der Waals surface area contributed by atoms with Gasteiger partial charge in [0.1, 0.15) is 0 Å². The molecule has 0 amide bonds. The van der Waals surface area contributed by atoms with Gasteiger partial charge in [-0.3, -0.25) is 10.1 Å². The first-order valence-corrected chi connectivity index (χ1v) is 4.15. The molecule has 3 heteroatoms. The van der Waals surface area contributed by atoms with E-state index in [1.54, 1.807) is 6.08 Å². The first-order chi connectivity index (χ1) is 5.61. The third-order valence-electron chi connectivity index (χ3n) is 2.14. The van der Waals surface area contributed by atoms with Crippen molar-refractivity contribution in [3.63, 3.8) is 0 Å². The van der Waals surface area contributed by atoms with Crippen molar-refractivity contribution in [3.05, 3.63) is 33.5 Å². The minimum Gasteiger partial charge on any atom is -0.259 e. The summed E-state index contributed by atoms with van der Waals surface area (Å²) in [6.07, 6.45) is 4.92. The van der Waals surface area contributed by atoms with Gasteiger partial charge in [-0.1, -0.05) is 25.5 Å². The zero-order chi connectivity index (χ0) is 9.14. The highest BCUT2D eigenvalue weighted by Crippen LogP contribution is 2.23. The van der Waals surface area contributed by atoms with Gasteiger partial charge in [-0.25, -0.2) is 0 Å². The van der Waals surface area contributed by atoms with E-state index in [-0.39, 0.29) is 4.92 Å². The quantitative estimate of drug-likeness (QED) is 0.468. The lowest BCUT2D eigenvalue weighted by atomic mass is 9.94. The van der Waals surface area contributed by atoms with Gasteiger partial charge in [-0.15, -0.1) is 0 Å². The highest BCUT2D eigenvalue weighted by atomic mass is 16.6. The average Bonchev–Trinajstić information content (AvgIpc) is 2.04. The molecule has 0 radical (unpaired) electrons. The second-order valence-corrected chi connectivity index (χ2v) is 3.31. The monoisotopic (exact) mass is 167 g/mol. The van der Waals surface area contributed by atoms with Crippen molar-refractivity contribution in [1.29, 1.82) is 0 Å². The summed E-state index contributed by atoms with van der Waals surface area (Å²) < 4.78 is 0. The number of hydrogen-bond donors (Lipinski definition) is 0. The molecule has 0 atom stereocenters. The fraction of sp³-hybridized carbons (Fsp3) is 0.556. The summed E-state index contributed by atoms with van der Waals surface area (Å²) in [6.45, 7) is 4.22. The lowest BCUT2D eigenvalue weighted by Gasteiger charge is -2.12. The van der Waals surface area contributed by atoms with Crippen LogP contribution < -0.4 is 0 Å². The van der Waals surface area contributed by atoms with Crippen molar-refractivity contribution < 1.29 is 4.92 Å². The Morgan fingerprint density at radius 2 is 2.08 bits per heavy atom. The van der Waals surface area contributed by atoms with Crippen molar-refractivity contribution in [3.8, 4) is 0 Å². The molecule has 12 heavy (non-hydrogen) atoms. The molecule has 0 unspecified atom stereocenters. The average molecular weight is 167 g/mol. The van der Waals surface area contributed by atoms with Crippen molar-refractivity contribution in [2.75, 3.05) is 0 Å². The van der Waals surface area contributed by atoms with Crippen LogP contribution in [0.25, 0.3) is 0 Å². The Labute approximate surface area is 71.9 Å². The molecule has 0 aromatic heterocycles. The van der Waals surface area contributed by atoms with E-state index in [1.165, 1.54) is 5.57 Å². The summed E-state index contributed by atoms with van der Waals surface area (Å²) in [5, 5.41) is 10.3. The van der Waals surface area contributed by atoms with Crippen molar-refractivity contribution in [2.45, 2.75) is 26.7 Å². The summed E-state index contributed by atoms with van der Waals surface area (Å²) in [7, 11) is 0. The Morgan fingerprint density at radius 3 is 2.42 bits per heavy atom. The molecule has 1 aliphatic rings. The second-order valence-electron chi connectivity index (χ2n) is 3.31. The van der Waals surface area contributed by atoms with Crippen molar-refractivity contribution >= 4 is 0 Å². The molecule has 0 N–H and O–H groups in total. The molecule has 3 nitrogen and oxygen atoms in total. The molecule has 0 spiro atoms. The first kappa shape index (κ1) is 8.97. The molecular weight excluding hydrogens is 154 g/mol. The lowest BCUT2D eigenvalue weighted by Crippen LogP contribution is -2.05. The van der Waals surface area contributed by atoms with Crippen LogP contribution >= 0.6 is 0 Å². The van der Waals surface area contributed by atoms with E-state index < -0.39 is 0 Å². The maximum atomic E-state index is 10.3. The van der Waals surface area contributed by atoms with Gasteiger partial charge in [0.15, 0.2) is 0 Å². The van der Waals surface area contributed by atoms with E-state index in [4.69, 9.17) is 0 Å². The molecular formula is C9H13NO2. The summed E-state index contributed by atoms with van der Waals surface area (Å²) in [4.78, 5) is 10.0. The molecule has 0 aliphatic heterocycles. The molecule has 1 rings (SSSR count). The smallest absolute Gasteiger partial charge is 0.246 e. The normalized spacial score (nSPS) is 17.2. The fourth-order valence-corrected chi connectivity index (χ4v) is 1.28. The second kappa shape index (κ2) is 3.52. The van der Waals surface area contributed by atoms with Crippen LogP contribution in [0.4, 0.5) is 0 Å². The van der Waals surface area contributed by atoms with E-state index in [0.29, 0.717) is 18.0 Å². The topological polar surface area (TPSA) is 43.1 Å². The van der Waals surface area contributed by atoms with Crippen LogP contribution in [0.5, 0.6) is 0 Å². The van der Waals surface area contributed by atoms with Gasteiger partial charge in [-0.05, 0) is 12.3 Å². The number of allylic oxidation sites excluding steroid dienone is 4. The van der Waals surface area contributed by atoms with Crippen LogP contribution in [0, 0.1) is 16.0 Å².